The van der Waals surface area contributed by atoms with Crippen LogP contribution >= 0.6 is 0 Å². The highest BCUT2D eigenvalue weighted by molar-refractivity contribution is 6.14. The van der Waals surface area contributed by atoms with E-state index in [2.05, 4.69) is 0 Å². The normalized spacial score (nSPS) is 14.8. The molecule has 152 valence electrons. The third kappa shape index (κ3) is 3.96. The number of ketones is 1. The topological polar surface area (TPSA) is 101 Å². The number of aliphatic carboxylic acids is 1. The van der Waals surface area contributed by atoms with Gasteiger partial charge >= 0.3 is 5.97 Å². The number of benzene rings is 2. The summed E-state index contributed by atoms with van der Waals surface area (Å²) in [6.45, 7) is 1.41. The quantitative estimate of drug-likeness (QED) is 0.708. The fourth-order valence-corrected chi connectivity index (χ4v) is 2.83. The smallest absolute Gasteiger partial charge is 0.344 e. The summed E-state index contributed by atoms with van der Waals surface area (Å²) in [7, 11) is 4.51. The van der Waals surface area contributed by atoms with Crippen LogP contribution < -0.4 is 23.7 Å². The molecule has 0 aromatic heterocycles. The van der Waals surface area contributed by atoms with Crippen molar-refractivity contribution >= 4 is 17.8 Å². The molecule has 0 saturated carbocycles. The number of hydrogen-bond acceptors (Lipinski definition) is 7. The van der Waals surface area contributed by atoms with Gasteiger partial charge in [-0.3, -0.25) is 4.79 Å². The van der Waals surface area contributed by atoms with E-state index in [-0.39, 0.29) is 11.5 Å². The van der Waals surface area contributed by atoms with Crippen LogP contribution in [0.15, 0.2) is 36.1 Å². The molecule has 1 unspecified atom stereocenters. The van der Waals surface area contributed by atoms with Gasteiger partial charge in [-0.2, -0.15) is 0 Å². The summed E-state index contributed by atoms with van der Waals surface area (Å²) in [6, 6.07) is 7.94. The minimum atomic E-state index is -1.09. The Labute approximate surface area is 167 Å². The Bertz CT molecular complexity index is 967. The molecule has 0 fully saturated rings. The van der Waals surface area contributed by atoms with Gasteiger partial charge in [0.15, 0.2) is 23.4 Å². The number of allylic oxidation sites excluding steroid dienone is 1. The van der Waals surface area contributed by atoms with Crippen molar-refractivity contribution in [1.82, 2.24) is 0 Å². The molecule has 2 aromatic carbocycles. The molecule has 3 rings (SSSR count). The Balaban J connectivity index is 1.91. The SMILES string of the molecule is COc1cc(/C=C2\Oc3cc(OC(C)C(=O)O)ccc3C2=O)cc(OC)c1OC. The van der Waals surface area contributed by atoms with Crippen molar-refractivity contribution in [2.75, 3.05) is 21.3 Å². The van der Waals surface area contributed by atoms with Crippen molar-refractivity contribution in [2.45, 2.75) is 13.0 Å². The van der Waals surface area contributed by atoms with Gasteiger partial charge in [-0.25, -0.2) is 4.79 Å². The molecule has 0 bridgehead atoms. The molecular weight excluding hydrogens is 380 g/mol. The van der Waals surface area contributed by atoms with Crippen LogP contribution in [-0.2, 0) is 4.79 Å². The molecule has 0 saturated heterocycles. The summed E-state index contributed by atoms with van der Waals surface area (Å²) in [4.78, 5) is 23.6. The van der Waals surface area contributed by atoms with Gasteiger partial charge in [-0.05, 0) is 42.8 Å². The van der Waals surface area contributed by atoms with Crippen LogP contribution in [0.5, 0.6) is 28.7 Å². The molecule has 29 heavy (non-hydrogen) atoms. The number of carboxylic acid groups (broad SMARTS) is 1. The second-order valence-corrected chi connectivity index (χ2v) is 6.15. The van der Waals surface area contributed by atoms with Crippen molar-refractivity contribution in [1.29, 1.82) is 0 Å². The molecule has 0 radical (unpaired) electrons. The van der Waals surface area contributed by atoms with Gasteiger partial charge in [-0.1, -0.05) is 0 Å². The van der Waals surface area contributed by atoms with E-state index >= 15 is 0 Å². The van der Waals surface area contributed by atoms with Gasteiger partial charge in [0.25, 0.3) is 0 Å². The minimum absolute atomic E-state index is 0.109. The number of Topliss-reactive ketones (excluding diaryl/α,β-unsaturated/α-hetero) is 1. The van der Waals surface area contributed by atoms with Crippen molar-refractivity contribution in [3.8, 4) is 28.7 Å². The summed E-state index contributed by atoms with van der Waals surface area (Å²) in [6.07, 6.45) is 0.534. The molecule has 0 spiro atoms. The van der Waals surface area contributed by atoms with Gasteiger partial charge in [0.1, 0.15) is 11.5 Å². The predicted molar refractivity (Wildman–Crippen MR) is 103 cm³/mol. The van der Waals surface area contributed by atoms with E-state index in [1.54, 1.807) is 18.2 Å². The number of ether oxygens (including phenoxy) is 5. The molecule has 1 atom stereocenters. The van der Waals surface area contributed by atoms with Crippen LogP contribution in [0.1, 0.15) is 22.8 Å². The van der Waals surface area contributed by atoms with Crippen molar-refractivity contribution in [3.05, 3.63) is 47.2 Å². The number of rotatable bonds is 7. The highest BCUT2D eigenvalue weighted by atomic mass is 16.5. The average Bonchev–Trinajstić information content (AvgIpc) is 3.01. The fraction of sp³-hybridized carbons (Fsp3) is 0.238. The average molecular weight is 400 g/mol. The van der Waals surface area contributed by atoms with Gasteiger partial charge in [0.2, 0.25) is 11.5 Å². The van der Waals surface area contributed by atoms with Crippen molar-refractivity contribution in [2.24, 2.45) is 0 Å². The summed E-state index contributed by atoms with van der Waals surface area (Å²) >= 11 is 0. The molecule has 8 heteroatoms. The van der Waals surface area contributed by atoms with Gasteiger partial charge < -0.3 is 28.8 Å². The molecule has 2 aromatic rings. The Kier molecular flexibility index (Phi) is 5.63. The first-order valence-corrected chi connectivity index (χ1v) is 8.65. The van der Waals surface area contributed by atoms with E-state index in [4.69, 9.17) is 28.8 Å². The predicted octanol–water partition coefficient (Wildman–Crippen LogP) is 3.18. The van der Waals surface area contributed by atoms with Crippen LogP contribution in [0.4, 0.5) is 0 Å². The lowest BCUT2D eigenvalue weighted by Gasteiger charge is -2.13. The van der Waals surface area contributed by atoms with Crippen LogP contribution in [0.2, 0.25) is 0 Å². The van der Waals surface area contributed by atoms with E-state index < -0.39 is 12.1 Å². The highest BCUT2D eigenvalue weighted by Gasteiger charge is 2.28. The van der Waals surface area contributed by atoms with E-state index in [0.29, 0.717) is 39.9 Å². The second kappa shape index (κ2) is 8.14. The van der Waals surface area contributed by atoms with E-state index in [9.17, 15) is 9.59 Å². The van der Waals surface area contributed by atoms with Crippen LogP contribution in [0.25, 0.3) is 6.08 Å². The molecular formula is C21H20O8. The third-order valence-electron chi connectivity index (χ3n) is 4.29. The number of carbonyl (C=O) groups excluding carboxylic acids is 1. The molecule has 1 aliphatic rings. The molecule has 8 nitrogen and oxygen atoms in total. The van der Waals surface area contributed by atoms with Gasteiger partial charge in [0, 0.05) is 6.07 Å². The molecule has 1 heterocycles. The molecule has 1 N–H and O–H groups in total. The highest BCUT2D eigenvalue weighted by Crippen LogP contribution is 2.40. The van der Waals surface area contributed by atoms with Crippen LogP contribution in [0, 0.1) is 0 Å². The summed E-state index contributed by atoms with van der Waals surface area (Å²) < 4.78 is 26.9. The summed E-state index contributed by atoms with van der Waals surface area (Å²) in [5.41, 5.74) is 0.977. The maximum absolute atomic E-state index is 12.7. The molecule has 1 aliphatic heterocycles. The number of fused-ring (bicyclic) bond motifs is 1. The zero-order valence-electron chi connectivity index (χ0n) is 16.3. The first kappa shape index (κ1) is 20.1. The maximum Gasteiger partial charge on any atom is 0.344 e. The fourth-order valence-electron chi connectivity index (χ4n) is 2.83. The lowest BCUT2D eigenvalue weighted by atomic mass is 10.1. The Morgan fingerprint density at radius 3 is 2.28 bits per heavy atom. The summed E-state index contributed by atoms with van der Waals surface area (Å²) in [5, 5.41) is 8.96. The van der Waals surface area contributed by atoms with Crippen LogP contribution in [0.3, 0.4) is 0 Å². The van der Waals surface area contributed by atoms with E-state index in [0.717, 1.165) is 0 Å². The number of carboxylic acids is 1. The molecule has 0 amide bonds. The molecule has 0 aliphatic carbocycles. The summed E-state index contributed by atoms with van der Waals surface area (Å²) in [5.74, 6) is 0.632. The van der Waals surface area contributed by atoms with Crippen molar-refractivity contribution in [3.63, 3.8) is 0 Å². The Hall–Kier alpha value is -3.68. The lowest BCUT2D eigenvalue weighted by molar-refractivity contribution is -0.144. The zero-order valence-corrected chi connectivity index (χ0v) is 16.3. The first-order valence-electron chi connectivity index (χ1n) is 8.65. The van der Waals surface area contributed by atoms with Crippen LogP contribution in [-0.4, -0.2) is 44.3 Å². The zero-order chi connectivity index (χ0) is 21.1. The van der Waals surface area contributed by atoms with Crippen molar-refractivity contribution < 1.29 is 38.4 Å². The number of hydrogen-bond donors (Lipinski definition) is 1. The monoisotopic (exact) mass is 400 g/mol. The largest absolute Gasteiger partial charge is 0.493 e. The maximum atomic E-state index is 12.7. The third-order valence-corrected chi connectivity index (χ3v) is 4.29. The Morgan fingerprint density at radius 2 is 1.72 bits per heavy atom. The Morgan fingerprint density at radius 1 is 1.07 bits per heavy atom. The van der Waals surface area contributed by atoms with Gasteiger partial charge in [-0.15, -0.1) is 0 Å². The first-order chi connectivity index (χ1) is 13.9. The lowest BCUT2D eigenvalue weighted by Crippen LogP contribution is -2.22. The van der Waals surface area contributed by atoms with Gasteiger partial charge in [0.05, 0.1) is 26.9 Å². The van der Waals surface area contributed by atoms with E-state index in [1.165, 1.54) is 46.5 Å². The number of methoxy groups -OCH3 is 3. The van der Waals surface area contributed by atoms with E-state index in [1.807, 2.05) is 0 Å². The second-order valence-electron chi connectivity index (χ2n) is 6.15. The minimum Gasteiger partial charge on any atom is -0.493 e. The standard InChI is InChI=1S/C21H20O8/c1-11(21(23)24)28-13-5-6-14-15(10-13)29-16(19(14)22)7-12-8-17(25-2)20(27-4)18(9-12)26-3/h5-11H,1-4H3,(H,23,24)/b16-7-. The number of carbonyl (C=O) groups is 2.